The van der Waals surface area contributed by atoms with E-state index >= 15 is 0 Å². The molecule has 0 unspecified atom stereocenters. The first-order valence-corrected chi connectivity index (χ1v) is 6.46. The molecule has 0 bridgehead atoms. The van der Waals surface area contributed by atoms with Crippen LogP contribution in [-0.4, -0.2) is 0 Å². The van der Waals surface area contributed by atoms with Gasteiger partial charge in [0, 0.05) is 5.56 Å². The van der Waals surface area contributed by atoms with Crippen molar-refractivity contribution in [1.82, 2.24) is 0 Å². The van der Waals surface area contributed by atoms with Crippen LogP contribution in [0.25, 0.3) is 11.1 Å². The Morgan fingerprint density at radius 2 is 1.70 bits per heavy atom. The molecule has 2 radical (unpaired) electrons. The summed E-state index contributed by atoms with van der Waals surface area (Å²) in [7, 11) is 0. The van der Waals surface area contributed by atoms with E-state index in [-0.39, 0.29) is 0 Å². The minimum absolute atomic E-state index is 0.790. The fraction of sp³-hybridized carbons (Fsp3) is 0. The molecule has 0 saturated heterocycles. The number of hydrogen-bond donors (Lipinski definition) is 1. The second kappa shape index (κ2) is 4.42. The molecule has 2 heteroatoms. The fourth-order valence-corrected chi connectivity index (χ4v) is 2.39. The third kappa shape index (κ3) is 1.74. The highest BCUT2D eigenvalue weighted by atomic mass is 16.5. The van der Waals surface area contributed by atoms with Crippen LogP contribution in [0.5, 0.6) is 11.5 Å². The lowest BCUT2D eigenvalue weighted by atomic mass is 10.0. The second-order valence-electron chi connectivity index (χ2n) is 4.62. The summed E-state index contributed by atoms with van der Waals surface area (Å²) in [4.78, 5) is 0. The quantitative estimate of drug-likeness (QED) is 0.528. The van der Waals surface area contributed by atoms with Crippen LogP contribution in [0.1, 0.15) is 0 Å². The van der Waals surface area contributed by atoms with Crippen molar-refractivity contribution in [2.45, 2.75) is 0 Å². The summed E-state index contributed by atoms with van der Waals surface area (Å²) in [6.45, 7) is 0. The highest BCUT2D eigenvalue weighted by molar-refractivity contribution is 5.88. The van der Waals surface area contributed by atoms with Crippen LogP contribution in [0.2, 0.25) is 0 Å². The van der Waals surface area contributed by atoms with E-state index in [1.807, 2.05) is 48.5 Å². The molecule has 0 fully saturated rings. The van der Waals surface area contributed by atoms with Crippen LogP contribution >= 0.6 is 0 Å². The average Bonchev–Trinajstić information content (AvgIpc) is 2.53. The molecular weight excluding hydrogens is 246 g/mol. The minimum atomic E-state index is 0.790. The predicted octanol–water partition coefficient (Wildman–Crippen LogP) is 4.80. The summed E-state index contributed by atoms with van der Waals surface area (Å²) in [6, 6.07) is 25.9. The van der Waals surface area contributed by atoms with Crippen molar-refractivity contribution in [1.29, 1.82) is 0 Å². The predicted molar refractivity (Wildman–Crippen MR) is 79.3 cm³/mol. The van der Waals surface area contributed by atoms with Gasteiger partial charge in [0.15, 0.2) is 11.5 Å². The van der Waals surface area contributed by atoms with Gasteiger partial charge in [-0.05, 0) is 42.0 Å². The number of rotatable bonds is 1. The van der Waals surface area contributed by atoms with E-state index < -0.39 is 0 Å². The van der Waals surface area contributed by atoms with Crippen LogP contribution in [0.4, 0.5) is 11.4 Å². The molecule has 2 nitrogen and oxygen atoms in total. The van der Waals surface area contributed by atoms with Crippen LogP contribution in [-0.2, 0) is 0 Å². The number of anilines is 2. The molecular formula is C18H11NO. The average molecular weight is 257 g/mol. The zero-order valence-corrected chi connectivity index (χ0v) is 10.7. The van der Waals surface area contributed by atoms with Gasteiger partial charge in [-0.3, -0.25) is 0 Å². The molecule has 1 aliphatic rings. The molecule has 0 saturated carbocycles. The SMILES string of the molecule is [c]1ccc2c(c1)Oc1c[c]cc(-c3ccccc3)c1N2. The molecule has 1 aliphatic heterocycles. The van der Waals surface area contributed by atoms with Crippen molar-refractivity contribution in [3.05, 3.63) is 72.8 Å². The Morgan fingerprint density at radius 1 is 0.850 bits per heavy atom. The highest BCUT2D eigenvalue weighted by Gasteiger charge is 2.19. The van der Waals surface area contributed by atoms with Crippen LogP contribution < -0.4 is 10.1 Å². The highest BCUT2D eigenvalue weighted by Crippen LogP contribution is 2.45. The molecule has 0 aromatic heterocycles. The van der Waals surface area contributed by atoms with Gasteiger partial charge in [-0.15, -0.1) is 0 Å². The van der Waals surface area contributed by atoms with Gasteiger partial charge in [0.25, 0.3) is 0 Å². The maximum absolute atomic E-state index is 5.91. The topological polar surface area (TPSA) is 21.3 Å². The Morgan fingerprint density at radius 3 is 2.60 bits per heavy atom. The maximum atomic E-state index is 5.91. The summed E-state index contributed by atoms with van der Waals surface area (Å²) < 4.78 is 5.91. The van der Waals surface area contributed by atoms with Crippen LogP contribution in [0, 0.1) is 12.1 Å². The van der Waals surface area contributed by atoms with Crippen LogP contribution in [0.15, 0.2) is 60.7 Å². The zero-order chi connectivity index (χ0) is 13.4. The van der Waals surface area contributed by atoms with Gasteiger partial charge in [-0.2, -0.15) is 0 Å². The fourth-order valence-electron chi connectivity index (χ4n) is 2.39. The number of benzene rings is 3. The Labute approximate surface area is 117 Å². The number of fused-ring (bicyclic) bond motifs is 2. The smallest absolute Gasteiger partial charge is 0.152 e. The Kier molecular flexibility index (Phi) is 2.46. The first kappa shape index (κ1) is 11.1. The Bertz CT molecular complexity index is 765. The lowest BCUT2D eigenvalue weighted by molar-refractivity contribution is 0.481. The van der Waals surface area contributed by atoms with Crippen molar-refractivity contribution in [3.63, 3.8) is 0 Å². The molecule has 4 rings (SSSR count). The van der Waals surface area contributed by atoms with E-state index in [0.717, 1.165) is 34.0 Å². The summed E-state index contributed by atoms with van der Waals surface area (Å²) in [5.41, 5.74) is 4.16. The van der Waals surface area contributed by atoms with Gasteiger partial charge in [0.05, 0.1) is 11.4 Å². The van der Waals surface area contributed by atoms with Gasteiger partial charge < -0.3 is 10.1 Å². The Hall–Kier alpha value is -2.74. The van der Waals surface area contributed by atoms with E-state index in [1.165, 1.54) is 0 Å². The molecule has 0 atom stereocenters. The van der Waals surface area contributed by atoms with E-state index in [0.29, 0.717) is 0 Å². The molecule has 20 heavy (non-hydrogen) atoms. The van der Waals surface area contributed by atoms with Crippen molar-refractivity contribution in [3.8, 4) is 22.6 Å². The van der Waals surface area contributed by atoms with Crippen molar-refractivity contribution in [2.24, 2.45) is 0 Å². The monoisotopic (exact) mass is 257 g/mol. The van der Waals surface area contributed by atoms with E-state index in [1.54, 1.807) is 0 Å². The molecule has 1 heterocycles. The maximum Gasteiger partial charge on any atom is 0.152 e. The Balaban J connectivity index is 1.87. The molecule has 0 amide bonds. The van der Waals surface area contributed by atoms with Crippen molar-refractivity contribution < 1.29 is 4.74 Å². The van der Waals surface area contributed by atoms with Gasteiger partial charge in [-0.1, -0.05) is 36.4 Å². The molecule has 0 spiro atoms. The first-order chi connectivity index (χ1) is 9.92. The van der Waals surface area contributed by atoms with Crippen molar-refractivity contribution >= 4 is 11.4 Å². The standard InChI is InChI=1S/C18H11NO/c1-2-7-13(8-3-1)14-9-6-12-17-18(14)19-15-10-4-5-11-16(15)20-17/h1-4,7-12,19H. The lowest BCUT2D eigenvalue weighted by Gasteiger charge is -2.23. The second-order valence-corrected chi connectivity index (χ2v) is 4.62. The number of hydrogen-bond acceptors (Lipinski definition) is 2. The van der Waals surface area contributed by atoms with Gasteiger partial charge >= 0.3 is 0 Å². The minimum Gasteiger partial charge on any atom is -0.453 e. The van der Waals surface area contributed by atoms with E-state index in [2.05, 4.69) is 29.6 Å². The molecule has 0 aliphatic carbocycles. The number of nitrogens with one attached hydrogen (secondary N) is 1. The van der Waals surface area contributed by atoms with E-state index in [4.69, 9.17) is 4.74 Å². The largest absolute Gasteiger partial charge is 0.453 e. The summed E-state index contributed by atoms with van der Waals surface area (Å²) >= 11 is 0. The third-order valence-corrected chi connectivity index (χ3v) is 3.35. The van der Waals surface area contributed by atoms with Gasteiger partial charge in [-0.25, -0.2) is 0 Å². The van der Waals surface area contributed by atoms with Crippen LogP contribution in [0.3, 0.4) is 0 Å². The van der Waals surface area contributed by atoms with Gasteiger partial charge in [0.1, 0.15) is 0 Å². The zero-order valence-electron chi connectivity index (χ0n) is 10.7. The molecule has 3 aromatic rings. The van der Waals surface area contributed by atoms with E-state index in [9.17, 15) is 0 Å². The third-order valence-electron chi connectivity index (χ3n) is 3.35. The van der Waals surface area contributed by atoms with Crippen molar-refractivity contribution in [2.75, 3.05) is 5.32 Å². The molecule has 1 N–H and O–H groups in total. The summed E-state index contributed by atoms with van der Waals surface area (Å²) in [5, 5.41) is 3.44. The molecule has 94 valence electrons. The first-order valence-electron chi connectivity index (χ1n) is 6.46. The summed E-state index contributed by atoms with van der Waals surface area (Å²) in [6.07, 6.45) is 0. The number of ether oxygens (including phenoxy) is 1. The summed E-state index contributed by atoms with van der Waals surface area (Å²) in [5.74, 6) is 1.58. The molecule has 3 aromatic carbocycles. The normalized spacial score (nSPS) is 11.8. The lowest BCUT2D eigenvalue weighted by Crippen LogP contribution is -2.04. The van der Waals surface area contributed by atoms with Gasteiger partial charge in [0.2, 0.25) is 0 Å².